The summed E-state index contributed by atoms with van der Waals surface area (Å²) in [7, 11) is 0. The Balaban J connectivity index is 1.15. The molecular weight excluding hydrogens is 589 g/mol. The maximum Gasteiger partial charge on any atom is 0.179 e. The van der Waals surface area contributed by atoms with E-state index in [9.17, 15) is 0 Å². The Kier molecular flexibility index (Phi) is 6.68. The molecule has 0 atom stereocenters. The maximum absolute atomic E-state index is 5.16. The smallest absolute Gasteiger partial charge is 0.179 e. The van der Waals surface area contributed by atoms with Gasteiger partial charge >= 0.3 is 0 Å². The van der Waals surface area contributed by atoms with Crippen LogP contribution >= 0.6 is 0 Å². The summed E-state index contributed by atoms with van der Waals surface area (Å²) in [6.45, 7) is 0. The minimum Gasteiger partial charge on any atom is -0.255 e. The van der Waals surface area contributed by atoms with Crippen molar-refractivity contribution in [1.82, 2.24) is 29.9 Å². The number of hydrogen-bond donors (Lipinski definition) is 0. The van der Waals surface area contributed by atoms with Gasteiger partial charge in [0.25, 0.3) is 0 Å². The number of fused-ring (bicyclic) bond motifs is 4. The summed E-state index contributed by atoms with van der Waals surface area (Å²) in [5, 5.41) is 3.07. The van der Waals surface area contributed by atoms with E-state index < -0.39 is 0 Å². The largest absolute Gasteiger partial charge is 0.255 e. The lowest BCUT2D eigenvalue weighted by Gasteiger charge is -2.13. The predicted octanol–water partition coefficient (Wildman–Crippen LogP) is 9.85. The summed E-state index contributed by atoms with van der Waals surface area (Å²) in [6.07, 6.45) is 3.55. The molecule has 0 radical (unpaired) electrons. The second kappa shape index (κ2) is 11.6. The van der Waals surface area contributed by atoms with Gasteiger partial charge in [0, 0.05) is 39.7 Å². The van der Waals surface area contributed by atoms with Gasteiger partial charge in [-0.3, -0.25) is 9.97 Å². The summed E-state index contributed by atoms with van der Waals surface area (Å²) in [5.41, 5.74) is 10.9. The first-order valence-corrected chi connectivity index (χ1v) is 15.8. The molecule has 0 amide bonds. The minimum absolute atomic E-state index is 0.566. The third-order valence-electron chi connectivity index (χ3n) is 8.61. The van der Waals surface area contributed by atoms with Crippen molar-refractivity contribution in [3.63, 3.8) is 0 Å². The SMILES string of the molecule is c1ccc(-c2ccc3ccc4ccc(-c5ccc(-c6cccc7nc(-c8ccccn8)nc(-c8ccccn8)c67)cc5)nc4c3n2)cc1. The van der Waals surface area contributed by atoms with E-state index in [0.29, 0.717) is 11.5 Å². The van der Waals surface area contributed by atoms with E-state index in [4.69, 9.17) is 19.9 Å². The minimum atomic E-state index is 0.566. The van der Waals surface area contributed by atoms with Gasteiger partial charge in [-0.2, -0.15) is 0 Å². The molecule has 4 aromatic carbocycles. The normalized spacial score (nSPS) is 11.3. The van der Waals surface area contributed by atoms with Gasteiger partial charge in [-0.25, -0.2) is 19.9 Å². The summed E-state index contributed by atoms with van der Waals surface area (Å²) in [5.74, 6) is 0.566. The van der Waals surface area contributed by atoms with E-state index in [1.807, 2.05) is 66.7 Å². The second-order valence-corrected chi connectivity index (χ2v) is 11.6. The van der Waals surface area contributed by atoms with Gasteiger partial charge < -0.3 is 0 Å². The Bertz CT molecular complexity index is 2590. The Labute approximate surface area is 276 Å². The van der Waals surface area contributed by atoms with Crippen LogP contribution in [-0.2, 0) is 0 Å². The van der Waals surface area contributed by atoms with Crippen LogP contribution in [0.3, 0.4) is 0 Å². The molecule has 0 saturated carbocycles. The molecule has 0 aliphatic rings. The zero-order valence-electron chi connectivity index (χ0n) is 25.7. The first kappa shape index (κ1) is 27.6. The van der Waals surface area contributed by atoms with Crippen LogP contribution < -0.4 is 0 Å². The molecular formula is C42H26N6. The molecule has 9 aromatic rings. The lowest BCUT2D eigenvalue weighted by molar-refractivity contribution is 1.16. The van der Waals surface area contributed by atoms with Crippen LogP contribution in [0.25, 0.3) is 89.3 Å². The molecule has 9 rings (SSSR count). The van der Waals surface area contributed by atoms with Crippen LogP contribution in [0, 0.1) is 0 Å². The van der Waals surface area contributed by atoms with Gasteiger partial charge in [-0.15, -0.1) is 0 Å². The summed E-state index contributed by atoms with van der Waals surface area (Å²) in [4.78, 5) is 29.4. The Morgan fingerprint density at radius 3 is 1.58 bits per heavy atom. The topological polar surface area (TPSA) is 77.3 Å². The Morgan fingerprint density at radius 2 is 0.938 bits per heavy atom. The van der Waals surface area contributed by atoms with Gasteiger partial charge in [0.1, 0.15) is 11.4 Å². The van der Waals surface area contributed by atoms with Crippen LogP contribution in [0.4, 0.5) is 0 Å². The first-order valence-electron chi connectivity index (χ1n) is 15.8. The summed E-state index contributed by atoms with van der Waals surface area (Å²) in [6, 6.07) is 49.2. The maximum atomic E-state index is 5.16. The van der Waals surface area contributed by atoms with Crippen molar-refractivity contribution in [2.24, 2.45) is 0 Å². The van der Waals surface area contributed by atoms with Gasteiger partial charge in [0.15, 0.2) is 5.82 Å². The van der Waals surface area contributed by atoms with Crippen LogP contribution in [0.2, 0.25) is 0 Å². The predicted molar refractivity (Wildman–Crippen MR) is 193 cm³/mol. The molecule has 0 bridgehead atoms. The molecule has 5 heterocycles. The van der Waals surface area contributed by atoms with E-state index in [0.717, 1.165) is 77.7 Å². The number of benzene rings is 4. The van der Waals surface area contributed by atoms with Crippen LogP contribution in [-0.4, -0.2) is 29.9 Å². The fourth-order valence-electron chi connectivity index (χ4n) is 6.24. The Hall–Kier alpha value is -6.66. The first-order chi connectivity index (χ1) is 23.8. The van der Waals surface area contributed by atoms with Crippen molar-refractivity contribution in [2.45, 2.75) is 0 Å². The zero-order valence-corrected chi connectivity index (χ0v) is 25.7. The molecule has 5 aromatic heterocycles. The van der Waals surface area contributed by atoms with Crippen molar-refractivity contribution in [2.75, 3.05) is 0 Å². The van der Waals surface area contributed by atoms with E-state index in [2.05, 4.69) is 88.8 Å². The summed E-state index contributed by atoms with van der Waals surface area (Å²) < 4.78 is 0. The molecule has 0 spiro atoms. The van der Waals surface area contributed by atoms with Gasteiger partial charge in [0.05, 0.1) is 33.6 Å². The number of rotatable bonds is 5. The monoisotopic (exact) mass is 614 g/mol. The molecule has 0 saturated heterocycles. The average molecular weight is 615 g/mol. The second-order valence-electron chi connectivity index (χ2n) is 11.6. The molecule has 224 valence electrons. The lowest BCUT2D eigenvalue weighted by atomic mass is 9.96. The molecule has 48 heavy (non-hydrogen) atoms. The van der Waals surface area contributed by atoms with Crippen LogP contribution in [0.1, 0.15) is 0 Å². The molecule has 0 aliphatic heterocycles. The van der Waals surface area contributed by atoms with E-state index in [1.54, 1.807) is 12.4 Å². The lowest BCUT2D eigenvalue weighted by Crippen LogP contribution is -1.98. The van der Waals surface area contributed by atoms with Crippen molar-refractivity contribution < 1.29 is 0 Å². The van der Waals surface area contributed by atoms with E-state index >= 15 is 0 Å². The molecule has 0 fully saturated rings. The number of aromatic nitrogens is 6. The zero-order chi connectivity index (χ0) is 31.9. The van der Waals surface area contributed by atoms with Gasteiger partial charge in [-0.05, 0) is 53.6 Å². The van der Waals surface area contributed by atoms with Crippen molar-refractivity contribution in [3.8, 4) is 56.5 Å². The highest BCUT2D eigenvalue weighted by Crippen LogP contribution is 2.36. The van der Waals surface area contributed by atoms with Crippen molar-refractivity contribution >= 4 is 32.7 Å². The highest BCUT2D eigenvalue weighted by atomic mass is 14.9. The highest BCUT2D eigenvalue weighted by molar-refractivity contribution is 6.05. The van der Waals surface area contributed by atoms with Crippen molar-refractivity contribution in [3.05, 3.63) is 158 Å². The van der Waals surface area contributed by atoms with E-state index in [1.165, 1.54) is 0 Å². The standard InChI is InChI=1S/C42H26N6/c1-2-9-28(10-3-1)33-23-21-30-19-20-31-22-24-34(46-40(31)39(30)45-33)29-17-15-27(16-18-29)32-11-8-14-35-38(32)41(36-12-4-6-25-43-36)48-42(47-35)37-13-5-7-26-44-37/h1-26H. The average Bonchev–Trinajstić information content (AvgIpc) is 3.18. The number of hydrogen-bond acceptors (Lipinski definition) is 6. The van der Waals surface area contributed by atoms with Gasteiger partial charge in [0.2, 0.25) is 0 Å². The summed E-state index contributed by atoms with van der Waals surface area (Å²) >= 11 is 0. The van der Waals surface area contributed by atoms with E-state index in [-0.39, 0.29) is 0 Å². The third-order valence-corrected chi connectivity index (χ3v) is 8.61. The fourth-order valence-corrected chi connectivity index (χ4v) is 6.24. The molecule has 0 N–H and O–H groups in total. The number of pyridine rings is 4. The van der Waals surface area contributed by atoms with Crippen molar-refractivity contribution in [1.29, 1.82) is 0 Å². The van der Waals surface area contributed by atoms with Crippen LogP contribution in [0.5, 0.6) is 0 Å². The molecule has 6 nitrogen and oxygen atoms in total. The molecule has 6 heteroatoms. The van der Waals surface area contributed by atoms with Crippen LogP contribution in [0.15, 0.2) is 158 Å². The van der Waals surface area contributed by atoms with Gasteiger partial charge in [-0.1, -0.05) is 103 Å². The Morgan fingerprint density at radius 1 is 0.354 bits per heavy atom. The fraction of sp³-hybridized carbons (Fsp3) is 0. The number of nitrogens with zero attached hydrogens (tertiary/aromatic N) is 6. The molecule has 0 aliphatic carbocycles. The third kappa shape index (κ3) is 4.93. The molecule has 0 unspecified atom stereocenters. The quantitative estimate of drug-likeness (QED) is 0.180. The highest BCUT2D eigenvalue weighted by Gasteiger charge is 2.17.